The van der Waals surface area contributed by atoms with E-state index in [0.29, 0.717) is 5.82 Å². The summed E-state index contributed by atoms with van der Waals surface area (Å²) in [5, 5.41) is 1.07. The number of nitrogens with zero attached hydrogens (tertiary/aromatic N) is 2. The molecule has 0 amide bonds. The summed E-state index contributed by atoms with van der Waals surface area (Å²) in [5.41, 5.74) is 9.80. The Balaban J connectivity index is 2.13. The molecular weight excluding hydrogens is 222 g/mol. The third kappa shape index (κ3) is 1.91. The van der Waals surface area contributed by atoms with Crippen molar-refractivity contribution >= 4 is 16.7 Å². The van der Waals surface area contributed by atoms with Crippen molar-refractivity contribution in [3.05, 3.63) is 54.2 Å². The molecule has 2 aromatic heterocycles. The number of anilines is 1. The molecule has 0 aliphatic carbocycles. The van der Waals surface area contributed by atoms with Crippen LogP contribution in [0.5, 0.6) is 0 Å². The summed E-state index contributed by atoms with van der Waals surface area (Å²) >= 11 is 0. The second kappa shape index (κ2) is 4.11. The lowest BCUT2D eigenvalue weighted by molar-refractivity contribution is 1.27. The normalized spacial score (nSPS) is 10.7. The first-order valence-electron chi connectivity index (χ1n) is 5.82. The van der Waals surface area contributed by atoms with Gasteiger partial charge >= 0.3 is 0 Å². The Morgan fingerprint density at radius 2 is 1.89 bits per heavy atom. The van der Waals surface area contributed by atoms with Crippen molar-refractivity contribution in [1.82, 2.24) is 9.97 Å². The fourth-order valence-corrected chi connectivity index (χ4v) is 1.94. The van der Waals surface area contributed by atoms with Crippen LogP contribution in [0.15, 0.2) is 48.7 Å². The van der Waals surface area contributed by atoms with Gasteiger partial charge in [0.15, 0.2) is 0 Å². The number of rotatable bonds is 1. The molecule has 0 aliphatic rings. The van der Waals surface area contributed by atoms with Crippen molar-refractivity contribution in [3.8, 4) is 11.3 Å². The molecule has 0 atom stereocenters. The number of aryl methyl sites for hydroxylation is 1. The van der Waals surface area contributed by atoms with Crippen molar-refractivity contribution in [2.45, 2.75) is 6.92 Å². The Labute approximate surface area is 105 Å². The van der Waals surface area contributed by atoms with E-state index in [9.17, 15) is 0 Å². The molecule has 2 N–H and O–H groups in total. The van der Waals surface area contributed by atoms with Gasteiger partial charge in [-0.2, -0.15) is 0 Å². The predicted octanol–water partition coefficient (Wildman–Crippen LogP) is 3.19. The van der Waals surface area contributed by atoms with Gasteiger partial charge in [-0.3, -0.25) is 4.98 Å². The monoisotopic (exact) mass is 235 g/mol. The first kappa shape index (κ1) is 10.7. The topological polar surface area (TPSA) is 51.8 Å². The van der Waals surface area contributed by atoms with Crippen molar-refractivity contribution in [3.63, 3.8) is 0 Å². The van der Waals surface area contributed by atoms with E-state index in [1.54, 1.807) is 0 Å². The van der Waals surface area contributed by atoms with E-state index in [2.05, 4.69) is 22.1 Å². The van der Waals surface area contributed by atoms with E-state index >= 15 is 0 Å². The van der Waals surface area contributed by atoms with E-state index in [0.717, 1.165) is 27.7 Å². The van der Waals surface area contributed by atoms with Crippen LogP contribution in [-0.4, -0.2) is 9.97 Å². The average Bonchev–Trinajstić information content (AvgIpc) is 2.39. The SMILES string of the molecule is Cc1ccc(-c2ccc3nc(N)ccc3c2)nc1. The van der Waals surface area contributed by atoms with Gasteiger partial charge in [-0.25, -0.2) is 4.98 Å². The second-order valence-electron chi connectivity index (χ2n) is 4.36. The smallest absolute Gasteiger partial charge is 0.124 e. The number of aromatic nitrogens is 2. The van der Waals surface area contributed by atoms with Crippen LogP contribution in [0.1, 0.15) is 5.56 Å². The van der Waals surface area contributed by atoms with E-state index in [1.807, 2.05) is 43.5 Å². The Hall–Kier alpha value is -2.42. The highest BCUT2D eigenvalue weighted by molar-refractivity contribution is 5.84. The molecule has 3 aromatic rings. The Bertz CT molecular complexity index is 703. The van der Waals surface area contributed by atoms with Gasteiger partial charge in [0.2, 0.25) is 0 Å². The molecule has 0 radical (unpaired) electrons. The highest BCUT2D eigenvalue weighted by Crippen LogP contribution is 2.22. The van der Waals surface area contributed by atoms with Crippen LogP contribution in [0, 0.1) is 6.92 Å². The number of nitrogen functional groups attached to an aromatic ring is 1. The highest BCUT2D eigenvalue weighted by atomic mass is 14.8. The minimum absolute atomic E-state index is 0.545. The number of hydrogen-bond acceptors (Lipinski definition) is 3. The van der Waals surface area contributed by atoms with Gasteiger partial charge in [0, 0.05) is 17.1 Å². The van der Waals surface area contributed by atoms with E-state index in [-0.39, 0.29) is 0 Å². The van der Waals surface area contributed by atoms with E-state index in [4.69, 9.17) is 5.73 Å². The molecule has 0 bridgehead atoms. The number of hydrogen-bond donors (Lipinski definition) is 1. The molecule has 0 unspecified atom stereocenters. The second-order valence-corrected chi connectivity index (χ2v) is 4.36. The third-order valence-electron chi connectivity index (χ3n) is 2.92. The summed E-state index contributed by atoms with van der Waals surface area (Å²) in [6.45, 7) is 2.03. The summed E-state index contributed by atoms with van der Waals surface area (Å²) < 4.78 is 0. The maximum Gasteiger partial charge on any atom is 0.124 e. The quantitative estimate of drug-likeness (QED) is 0.704. The van der Waals surface area contributed by atoms with Crippen LogP contribution in [0.4, 0.5) is 5.82 Å². The lowest BCUT2D eigenvalue weighted by Crippen LogP contribution is -1.90. The molecule has 2 heterocycles. The molecule has 3 nitrogen and oxygen atoms in total. The fourth-order valence-electron chi connectivity index (χ4n) is 1.94. The van der Waals surface area contributed by atoms with Gasteiger partial charge in [-0.1, -0.05) is 12.1 Å². The molecule has 88 valence electrons. The number of benzene rings is 1. The third-order valence-corrected chi connectivity index (χ3v) is 2.92. The fraction of sp³-hybridized carbons (Fsp3) is 0.0667. The average molecular weight is 235 g/mol. The Kier molecular flexibility index (Phi) is 2.45. The molecular formula is C15H13N3. The molecule has 3 heteroatoms. The Morgan fingerprint density at radius 3 is 2.67 bits per heavy atom. The molecule has 0 aliphatic heterocycles. The first-order valence-corrected chi connectivity index (χ1v) is 5.82. The summed E-state index contributed by atoms with van der Waals surface area (Å²) in [5.74, 6) is 0.545. The standard InChI is InChI=1S/C15H13N3/c1-10-2-5-13(17-9-10)11-3-6-14-12(8-11)4-7-15(16)18-14/h2-9H,1H3,(H2,16,18). The van der Waals surface area contributed by atoms with Crippen LogP contribution >= 0.6 is 0 Å². The summed E-state index contributed by atoms with van der Waals surface area (Å²) in [6.07, 6.45) is 1.88. The summed E-state index contributed by atoms with van der Waals surface area (Å²) in [4.78, 5) is 8.71. The molecule has 0 fully saturated rings. The zero-order chi connectivity index (χ0) is 12.5. The van der Waals surface area contributed by atoms with Gasteiger partial charge < -0.3 is 5.73 Å². The van der Waals surface area contributed by atoms with Crippen LogP contribution in [0.3, 0.4) is 0 Å². The number of fused-ring (bicyclic) bond motifs is 1. The van der Waals surface area contributed by atoms with Crippen LogP contribution < -0.4 is 5.73 Å². The first-order chi connectivity index (χ1) is 8.72. The molecule has 0 saturated heterocycles. The number of pyridine rings is 2. The van der Waals surface area contributed by atoms with Crippen LogP contribution in [0.2, 0.25) is 0 Å². The van der Waals surface area contributed by atoms with E-state index < -0.39 is 0 Å². The molecule has 1 aromatic carbocycles. The molecule has 0 spiro atoms. The van der Waals surface area contributed by atoms with Crippen molar-refractivity contribution < 1.29 is 0 Å². The van der Waals surface area contributed by atoms with Crippen LogP contribution in [-0.2, 0) is 0 Å². The Morgan fingerprint density at radius 1 is 1.00 bits per heavy atom. The molecule has 18 heavy (non-hydrogen) atoms. The molecule has 0 saturated carbocycles. The maximum atomic E-state index is 5.67. The van der Waals surface area contributed by atoms with Gasteiger partial charge in [0.05, 0.1) is 11.2 Å². The molecule has 3 rings (SSSR count). The minimum Gasteiger partial charge on any atom is -0.384 e. The lowest BCUT2D eigenvalue weighted by Gasteiger charge is -2.04. The van der Waals surface area contributed by atoms with Crippen molar-refractivity contribution in [2.24, 2.45) is 0 Å². The lowest BCUT2D eigenvalue weighted by atomic mass is 10.1. The van der Waals surface area contributed by atoms with E-state index in [1.165, 1.54) is 0 Å². The summed E-state index contributed by atoms with van der Waals surface area (Å²) in [6, 6.07) is 14.0. The van der Waals surface area contributed by atoms with Crippen LogP contribution in [0.25, 0.3) is 22.2 Å². The number of nitrogens with two attached hydrogens (primary N) is 1. The van der Waals surface area contributed by atoms with Crippen molar-refractivity contribution in [1.29, 1.82) is 0 Å². The van der Waals surface area contributed by atoms with Gasteiger partial charge in [0.1, 0.15) is 5.82 Å². The largest absolute Gasteiger partial charge is 0.384 e. The maximum absolute atomic E-state index is 5.67. The van der Waals surface area contributed by atoms with Crippen molar-refractivity contribution in [2.75, 3.05) is 5.73 Å². The predicted molar refractivity (Wildman–Crippen MR) is 74.1 cm³/mol. The highest BCUT2D eigenvalue weighted by Gasteiger charge is 2.02. The zero-order valence-electron chi connectivity index (χ0n) is 10.1. The van der Waals surface area contributed by atoms with Gasteiger partial charge in [-0.05, 0) is 42.8 Å². The summed E-state index contributed by atoms with van der Waals surface area (Å²) in [7, 11) is 0. The van der Waals surface area contributed by atoms with Gasteiger partial charge in [0.25, 0.3) is 0 Å². The zero-order valence-corrected chi connectivity index (χ0v) is 10.1. The van der Waals surface area contributed by atoms with Gasteiger partial charge in [-0.15, -0.1) is 0 Å². The minimum atomic E-state index is 0.545.